The van der Waals surface area contributed by atoms with E-state index in [1.807, 2.05) is 23.6 Å². The Kier molecular flexibility index (Phi) is 5.27. The standard InChI is InChI=1S/C19H27N5O3/c1-2-7-20-18(25)17-22-21-16-12-26-14-19(13-24(16)17)5-8-23(9-6-19)11-15-4-3-10-27-15/h3-4,10H,2,5-9,11-14H2,1H3,(H,20,25). The largest absolute Gasteiger partial charge is 0.468 e. The summed E-state index contributed by atoms with van der Waals surface area (Å²) >= 11 is 0. The van der Waals surface area contributed by atoms with Gasteiger partial charge in [-0.2, -0.15) is 0 Å². The normalized spacial score (nSPS) is 19.6. The van der Waals surface area contributed by atoms with Gasteiger partial charge in [-0.1, -0.05) is 6.92 Å². The van der Waals surface area contributed by atoms with Crippen LogP contribution in [0.5, 0.6) is 0 Å². The van der Waals surface area contributed by atoms with E-state index >= 15 is 0 Å². The highest BCUT2D eigenvalue weighted by molar-refractivity contribution is 5.90. The third-order valence-corrected chi connectivity index (χ3v) is 5.58. The summed E-state index contributed by atoms with van der Waals surface area (Å²) in [7, 11) is 0. The Balaban J connectivity index is 1.45. The Hall–Kier alpha value is -2.19. The molecule has 1 amide bonds. The third-order valence-electron chi connectivity index (χ3n) is 5.58. The van der Waals surface area contributed by atoms with E-state index in [2.05, 4.69) is 20.4 Å². The highest BCUT2D eigenvalue weighted by Gasteiger charge is 2.39. The second kappa shape index (κ2) is 7.82. The van der Waals surface area contributed by atoms with Crippen molar-refractivity contribution in [3.8, 4) is 0 Å². The molecule has 4 heterocycles. The van der Waals surface area contributed by atoms with Gasteiger partial charge in [0.05, 0.1) is 19.4 Å². The Morgan fingerprint density at radius 3 is 2.93 bits per heavy atom. The van der Waals surface area contributed by atoms with Crippen LogP contribution in [0.4, 0.5) is 0 Å². The zero-order valence-corrected chi connectivity index (χ0v) is 15.8. The third kappa shape index (κ3) is 3.91. The van der Waals surface area contributed by atoms with Crippen molar-refractivity contribution in [3.63, 3.8) is 0 Å². The molecular weight excluding hydrogens is 346 g/mol. The van der Waals surface area contributed by atoms with E-state index < -0.39 is 0 Å². The highest BCUT2D eigenvalue weighted by atomic mass is 16.5. The minimum absolute atomic E-state index is 0.0209. The number of ether oxygens (including phenoxy) is 1. The van der Waals surface area contributed by atoms with Crippen LogP contribution in [-0.4, -0.2) is 51.8 Å². The molecule has 0 saturated carbocycles. The van der Waals surface area contributed by atoms with E-state index in [0.717, 1.165) is 57.0 Å². The first-order valence-electron chi connectivity index (χ1n) is 9.72. The van der Waals surface area contributed by atoms with Gasteiger partial charge in [0.2, 0.25) is 5.82 Å². The number of furan rings is 1. The molecule has 0 bridgehead atoms. The fraction of sp³-hybridized carbons (Fsp3) is 0.632. The van der Waals surface area contributed by atoms with Crippen molar-refractivity contribution >= 4 is 5.91 Å². The summed E-state index contributed by atoms with van der Waals surface area (Å²) < 4.78 is 13.4. The van der Waals surface area contributed by atoms with Gasteiger partial charge in [-0.05, 0) is 44.5 Å². The topological polar surface area (TPSA) is 85.4 Å². The van der Waals surface area contributed by atoms with Crippen LogP contribution in [0.15, 0.2) is 22.8 Å². The van der Waals surface area contributed by atoms with Crippen LogP contribution in [0.2, 0.25) is 0 Å². The highest BCUT2D eigenvalue weighted by Crippen LogP contribution is 2.36. The molecule has 0 atom stereocenters. The number of carbonyl (C=O) groups is 1. The van der Waals surface area contributed by atoms with E-state index in [0.29, 0.717) is 25.6 Å². The molecule has 146 valence electrons. The summed E-state index contributed by atoms with van der Waals surface area (Å²) in [6.07, 6.45) is 4.65. The van der Waals surface area contributed by atoms with Gasteiger partial charge in [0, 0.05) is 18.5 Å². The van der Waals surface area contributed by atoms with E-state index in [-0.39, 0.29) is 11.3 Å². The Morgan fingerprint density at radius 1 is 1.33 bits per heavy atom. The van der Waals surface area contributed by atoms with Gasteiger partial charge in [-0.25, -0.2) is 0 Å². The molecule has 0 unspecified atom stereocenters. The zero-order valence-electron chi connectivity index (χ0n) is 15.8. The van der Waals surface area contributed by atoms with Crippen LogP contribution in [0.1, 0.15) is 48.4 Å². The number of nitrogens with zero attached hydrogens (tertiary/aromatic N) is 4. The first-order chi connectivity index (χ1) is 13.2. The van der Waals surface area contributed by atoms with Crippen LogP contribution in [0.3, 0.4) is 0 Å². The Bertz CT molecular complexity index is 762. The summed E-state index contributed by atoms with van der Waals surface area (Å²) in [5.74, 6) is 2.00. The van der Waals surface area contributed by atoms with Gasteiger partial charge < -0.3 is 19.0 Å². The second-order valence-electron chi connectivity index (χ2n) is 7.63. The predicted octanol–water partition coefficient (Wildman–Crippen LogP) is 1.82. The van der Waals surface area contributed by atoms with Crippen LogP contribution in [0, 0.1) is 5.41 Å². The van der Waals surface area contributed by atoms with Crippen LogP contribution >= 0.6 is 0 Å². The van der Waals surface area contributed by atoms with Crippen molar-refractivity contribution in [2.24, 2.45) is 5.41 Å². The molecule has 4 rings (SSSR count). The monoisotopic (exact) mass is 373 g/mol. The Morgan fingerprint density at radius 2 is 2.19 bits per heavy atom. The number of hydrogen-bond acceptors (Lipinski definition) is 6. The number of nitrogens with one attached hydrogen (secondary N) is 1. The summed E-state index contributed by atoms with van der Waals surface area (Å²) in [4.78, 5) is 14.9. The molecule has 0 radical (unpaired) electrons. The summed E-state index contributed by atoms with van der Waals surface area (Å²) in [5.41, 5.74) is 0.0209. The van der Waals surface area contributed by atoms with Gasteiger partial charge in [0.1, 0.15) is 12.4 Å². The van der Waals surface area contributed by atoms with Crippen molar-refractivity contribution in [1.82, 2.24) is 25.0 Å². The molecule has 8 heteroatoms. The predicted molar refractivity (Wildman–Crippen MR) is 98.0 cm³/mol. The van der Waals surface area contributed by atoms with Crippen molar-refractivity contribution in [2.45, 2.75) is 45.9 Å². The van der Waals surface area contributed by atoms with Crippen LogP contribution in [0.25, 0.3) is 0 Å². The number of fused-ring (bicyclic) bond motifs is 1. The maximum absolute atomic E-state index is 12.5. The minimum Gasteiger partial charge on any atom is -0.468 e. The van der Waals surface area contributed by atoms with Gasteiger partial charge in [0.25, 0.3) is 5.91 Å². The van der Waals surface area contributed by atoms with E-state index in [4.69, 9.17) is 9.15 Å². The lowest BCUT2D eigenvalue weighted by molar-refractivity contribution is -0.00676. The number of likely N-dealkylation sites (tertiary alicyclic amines) is 1. The maximum atomic E-state index is 12.5. The fourth-order valence-corrected chi connectivity index (χ4v) is 3.94. The molecule has 2 aromatic rings. The SMILES string of the molecule is CCCNC(=O)c1nnc2n1CC1(CCN(Cc3ccco3)CC1)COC2. The fourth-order valence-electron chi connectivity index (χ4n) is 3.94. The lowest BCUT2D eigenvalue weighted by Gasteiger charge is -2.40. The molecular formula is C19H27N5O3. The van der Waals surface area contributed by atoms with Gasteiger partial charge in [-0.3, -0.25) is 9.69 Å². The molecule has 1 N–H and O–H groups in total. The molecule has 1 fully saturated rings. The second-order valence-corrected chi connectivity index (χ2v) is 7.63. The molecule has 2 aliphatic rings. The summed E-state index contributed by atoms with van der Waals surface area (Å²) in [5, 5.41) is 11.2. The summed E-state index contributed by atoms with van der Waals surface area (Å²) in [6.45, 7) is 7.32. The molecule has 1 spiro atoms. The number of carbonyl (C=O) groups excluding carboxylic acids is 1. The lowest BCUT2D eigenvalue weighted by atomic mass is 9.79. The summed E-state index contributed by atoms with van der Waals surface area (Å²) in [6, 6.07) is 3.95. The van der Waals surface area contributed by atoms with Gasteiger partial charge >= 0.3 is 0 Å². The number of hydrogen-bond donors (Lipinski definition) is 1. The van der Waals surface area contributed by atoms with Crippen molar-refractivity contribution in [3.05, 3.63) is 35.8 Å². The van der Waals surface area contributed by atoms with Crippen molar-refractivity contribution < 1.29 is 13.9 Å². The molecule has 1 saturated heterocycles. The minimum atomic E-state index is -0.150. The van der Waals surface area contributed by atoms with Gasteiger partial charge in [-0.15, -0.1) is 10.2 Å². The van der Waals surface area contributed by atoms with Crippen LogP contribution < -0.4 is 5.32 Å². The maximum Gasteiger partial charge on any atom is 0.289 e. The van der Waals surface area contributed by atoms with E-state index in [1.165, 1.54) is 0 Å². The van der Waals surface area contributed by atoms with E-state index in [9.17, 15) is 4.79 Å². The first kappa shape index (κ1) is 18.2. The first-order valence-corrected chi connectivity index (χ1v) is 9.72. The van der Waals surface area contributed by atoms with Gasteiger partial charge in [0.15, 0.2) is 5.82 Å². The number of amides is 1. The number of piperidine rings is 1. The van der Waals surface area contributed by atoms with Crippen molar-refractivity contribution in [2.75, 3.05) is 26.2 Å². The molecule has 2 aliphatic heterocycles. The van der Waals surface area contributed by atoms with E-state index in [1.54, 1.807) is 6.26 Å². The lowest BCUT2D eigenvalue weighted by Crippen LogP contribution is -2.44. The van der Waals surface area contributed by atoms with Crippen LogP contribution in [-0.2, 0) is 24.4 Å². The molecule has 2 aromatic heterocycles. The average Bonchev–Trinajstić information content (AvgIpc) is 3.29. The average molecular weight is 373 g/mol. The molecule has 8 nitrogen and oxygen atoms in total. The molecule has 0 aliphatic carbocycles. The molecule has 27 heavy (non-hydrogen) atoms. The van der Waals surface area contributed by atoms with Crippen molar-refractivity contribution in [1.29, 1.82) is 0 Å². The number of rotatable bonds is 5. The Labute approximate surface area is 158 Å². The molecule has 0 aromatic carbocycles. The smallest absolute Gasteiger partial charge is 0.289 e. The quantitative estimate of drug-likeness (QED) is 0.861. The number of aromatic nitrogens is 3. The zero-order chi connectivity index (χ0) is 18.7.